The van der Waals surface area contributed by atoms with Crippen molar-refractivity contribution in [2.45, 2.75) is 19.5 Å². The van der Waals surface area contributed by atoms with Crippen molar-refractivity contribution < 1.29 is 23.5 Å². The van der Waals surface area contributed by atoms with Gasteiger partial charge in [-0.2, -0.15) is 0 Å². The topological polar surface area (TPSA) is 110 Å². The molecular weight excluding hydrogens is 398 g/mol. The van der Waals surface area contributed by atoms with Gasteiger partial charge in [0.05, 0.1) is 6.26 Å². The van der Waals surface area contributed by atoms with Gasteiger partial charge in [0, 0.05) is 18.3 Å². The molecule has 3 amide bonds. The molecule has 8 heteroatoms. The summed E-state index contributed by atoms with van der Waals surface area (Å²) in [6, 6.07) is 18.6. The number of hydrogen-bond acceptors (Lipinski definition) is 5. The van der Waals surface area contributed by atoms with E-state index in [1.807, 2.05) is 30.3 Å². The molecule has 3 N–H and O–H groups in total. The molecule has 2 aromatic carbocycles. The normalized spacial score (nSPS) is 11.3. The molecule has 160 valence electrons. The minimum Gasteiger partial charge on any atom is -0.484 e. The predicted molar refractivity (Wildman–Crippen MR) is 114 cm³/mol. The number of carbonyl (C=O) groups excluding carboxylic acids is 3. The molecule has 0 bridgehead atoms. The van der Waals surface area contributed by atoms with E-state index >= 15 is 0 Å². The van der Waals surface area contributed by atoms with Crippen LogP contribution >= 0.6 is 0 Å². The van der Waals surface area contributed by atoms with Crippen LogP contribution in [0.3, 0.4) is 0 Å². The molecule has 0 saturated carbocycles. The number of hydrogen-bond donors (Lipinski definition) is 3. The van der Waals surface area contributed by atoms with Crippen LogP contribution < -0.4 is 20.7 Å². The number of amides is 3. The number of benzene rings is 2. The maximum atomic E-state index is 12.2. The van der Waals surface area contributed by atoms with Gasteiger partial charge in [0.1, 0.15) is 11.8 Å². The Bertz CT molecular complexity index is 1020. The van der Waals surface area contributed by atoms with Crippen LogP contribution in [0.25, 0.3) is 0 Å². The largest absolute Gasteiger partial charge is 0.484 e. The molecule has 1 atom stereocenters. The smallest absolute Gasteiger partial charge is 0.291 e. The molecule has 3 rings (SSSR count). The summed E-state index contributed by atoms with van der Waals surface area (Å²) >= 11 is 0. The van der Waals surface area contributed by atoms with E-state index in [0.717, 1.165) is 5.56 Å². The molecule has 0 saturated heterocycles. The number of nitrogens with one attached hydrogen (secondary N) is 3. The minimum atomic E-state index is -0.710. The first kappa shape index (κ1) is 21.6. The van der Waals surface area contributed by atoms with E-state index in [-0.39, 0.29) is 18.3 Å². The average molecular weight is 421 g/mol. The van der Waals surface area contributed by atoms with Crippen molar-refractivity contribution in [2.24, 2.45) is 0 Å². The zero-order valence-corrected chi connectivity index (χ0v) is 17.0. The number of carbonyl (C=O) groups is 3. The van der Waals surface area contributed by atoms with Gasteiger partial charge in [0.2, 0.25) is 5.91 Å². The van der Waals surface area contributed by atoms with Crippen molar-refractivity contribution in [1.29, 1.82) is 0 Å². The Kier molecular flexibility index (Phi) is 7.42. The van der Waals surface area contributed by atoms with Crippen LogP contribution in [0.5, 0.6) is 5.75 Å². The Hall–Kier alpha value is -4.07. The molecule has 31 heavy (non-hydrogen) atoms. The molecule has 8 nitrogen and oxygen atoms in total. The van der Waals surface area contributed by atoms with Crippen molar-refractivity contribution in [1.82, 2.24) is 10.6 Å². The molecule has 0 aliphatic rings. The van der Waals surface area contributed by atoms with Crippen molar-refractivity contribution in [3.63, 3.8) is 0 Å². The Morgan fingerprint density at radius 1 is 1.00 bits per heavy atom. The summed E-state index contributed by atoms with van der Waals surface area (Å²) < 4.78 is 10.5. The van der Waals surface area contributed by atoms with E-state index in [0.29, 0.717) is 18.0 Å². The highest BCUT2D eigenvalue weighted by atomic mass is 16.5. The SMILES string of the molecule is CC(NC(=O)COc1cccc(NC(=O)c2ccco2)c1)C(=O)NCc1ccccc1. The zero-order chi connectivity index (χ0) is 22.1. The third-order valence-corrected chi connectivity index (χ3v) is 4.29. The summed E-state index contributed by atoms with van der Waals surface area (Å²) in [7, 11) is 0. The van der Waals surface area contributed by atoms with Crippen molar-refractivity contribution in [2.75, 3.05) is 11.9 Å². The quantitative estimate of drug-likeness (QED) is 0.492. The fraction of sp³-hybridized carbons (Fsp3) is 0.174. The van der Waals surface area contributed by atoms with Gasteiger partial charge in [-0.05, 0) is 36.8 Å². The summed E-state index contributed by atoms with van der Waals surface area (Å²) in [5, 5.41) is 8.05. The van der Waals surface area contributed by atoms with Gasteiger partial charge in [-0.3, -0.25) is 14.4 Å². The van der Waals surface area contributed by atoms with E-state index in [1.165, 1.54) is 6.26 Å². The lowest BCUT2D eigenvalue weighted by Gasteiger charge is -2.15. The third kappa shape index (κ3) is 6.74. The molecule has 3 aromatic rings. The fourth-order valence-corrected chi connectivity index (χ4v) is 2.70. The van der Waals surface area contributed by atoms with E-state index in [9.17, 15) is 14.4 Å². The first-order valence-corrected chi connectivity index (χ1v) is 9.70. The standard InChI is InChI=1S/C23H23N3O5/c1-16(22(28)24-14-17-7-3-2-4-8-17)25-21(27)15-31-19-10-5-9-18(13-19)26-23(29)20-11-6-12-30-20/h2-13,16H,14-15H2,1H3,(H,24,28)(H,25,27)(H,26,29). The highest BCUT2D eigenvalue weighted by molar-refractivity contribution is 6.02. The van der Waals surface area contributed by atoms with Gasteiger partial charge in [-0.15, -0.1) is 0 Å². The maximum Gasteiger partial charge on any atom is 0.291 e. The Labute approximate surface area is 179 Å². The van der Waals surface area contributed by atoms with Crippen LogP contribution in [0, 0.1) is 0 Å². The van der Waals surface area contributed by atoms with Crippen LogP contribution in [0.15, 0.2) is 77.4 Å². The van der Waals surface area contributed by atoms with Gasteiger partial charge in [-0.25, -0.2) is 0 Å². The molecule has 1 aromatic heterocycles. The van der Waals surface area contributed by atoms with Crippen LogP contribution in [-0.2, 0) is 16.1 Å². The summed E-state index contributed by atoms with van der Waals surface area (Å²) in [5.74, 6) is -0.540. The van der Waals surface area contributed by atoms with Gasteiger partial charge >= 0.3 is 0 Å². The van der Waals surface area contributed by atoms with Gasteiger partial charge in [0.25, 0.3) is 11.8 Å². The van der Waals surface area contributed by atoms with Crippen molar-refractivity contribution >= 4 is 23.4 Å². The predicted octanol–water partition coefficient (Wildman–Crippen LogP) is 2.73. The zero-order valence-electron chi connectivity index (χ0n) is 17.0. The van der Waals surface area contributed by atoms with E-state index in [4.69, 9.17) is 9.15 Å². The Morgan fingerprint density at radius 3 is 2.55 bits per heavy atom. The fourth-order valence-electron chi connectivity index (χ4n) is 2.70. The first-order chi connectivity index (χ1) is 15.0. The van der Waals surface area contributed by atoms with E-state index < -0.39 is 17.9 Å². The lowest BCUT2D eigenvalue weighted by molar-refractivity contribution is -0.129. The highest BCUT2D eigenvalue weighted by Gasteiger charge is 2.16. The summed E-state index contributed by atoms with van der Waals surface area (Å²) in [5.41, 5.74) is 1.46. The maximum absolute atomic E-state index is 12.2. The summed E-state index contributed by atoms with van der Waals surface area (Å²) in [6.07, 6.45) is 1.41. The van der Waals surface area contributed by atoms with Crippen molar-refractivity contribution in [3.8, 4) is 5.75 Å². The summed E-state index contributed by atoms with van der Waals surface area (Å²) in [6.45, 7) is 1.71. The lowest BCUT2D eigenvalue weighted by Crippen LogP contribution is -2.46. The second-order valence-electron chi connectivity index (χ2n) is 6.74. The van der Waals surface area contributed by atoms with E-state index in [1.54, 1.807) is 43.3 Å². The average Bonchev–Trinajstić information content (AvgIpc) is 3.32. The van der Waals surface area contributed by atoms with Crippen LogP contribution in [0.4, 0.5) is 5.69 Å². The second-order valence-corrected chi connectivity index (χ2v) is 6.74. The lowest BCUT2D eigenvalue weighted by atomic mass is 10.2. The molecule has 0 aliphatic heterocycles. The molecule has 0 spiro atoms. The van der Waals surface area contributed by atoms with Crippen molar-refractivity contribution in [3.05, 3.63) is 84.3 Å². The van der Waals surface area contributed by atoms with Gasteiger partial charge in [-0.1, -0.05) is 36.4 Å². The van der Waals surface area contributed by atoms with Crippen LogP contribution in [-0.4, -0.2) is 30.4 Å². The molecule has 0 radical (unpaired) electrons. The van der Waals surface area contributed by atoms with Crippen LogP contribution in [0.2, 0.25) is 0 Å². The molecule has 1 heterocycles. The molecule has 1 unspecified atom stereocenters. The Morgan fingerprint density at radius 2 is 1.81 bits per heavy atom. The molecule has 0 fully saturated rings. The number of furan rings is 1. The first-order valence-electron chi connectivity index (χ1n) is 9.70. The van der Waals surface area contributed by atoms with E-state index in [2.05, 4.69) is 16.0 Å². The second kappa shape index (κ2) is 10.6. The highest BCUT2D eigenvalue weighted by Crippen LogP contribution is 2.18. The summed E-state index contributed by atoms with van der Waals surface area (Å²) in [4.78, 5) is 36.3. The number of anilines is 1. The molecular formula is C23H23N3O5. The third-order valence-electron chi connectivity index (χ3n) is 4.29. The number of rotatable bonds is 9. The molecule has 0 aliphatic carbocycles. The monoisotopic (exact) mass is 421 g/mol. The van der Waals surface area contributed by atoms with Gasteiger partial charge < -0.3 is 25.1 Å². The van der Waals surface area contributed by atoms with Gasteiger partial charge in [0.15, 0.2) is 12.4 Å². The van der Waals surface area contributed by atoms with Crippen LogP contribution in [0.1, 0.15) is 23.0 Å². The minimum absolute atomic E-state index is 0.185. The number of ether oxygens (including phenoxy) is 1. The Balaban J connectivity index is 1.43.